The Morgan fingerprint density at radius 3 is 2.67 bits per heavy atom. The number of halogens is 1. The molecule has 0 saturated heterocycles. The molecule has 0 aliphatic heterocycles. The van der Waals surface area contributed by atoms with Crippen molar-refractivity contribution in [2.24, 2.45) is 0 Å². The lowest BCUT2D eigenvalue weighted by atomic mass is 9.95. The van der Waals surface area contributed by atoms with Crippen molar-refractivity contribution in [3.63, 3.8) is 0 Å². The maximum Gasteiger partial charge on any atom is 0.238 e. The number of amides is 2. The highest BCUT2D eigenvalue weighted by molar-refractivity contribution is 5.92. The molecule has 1 atom stereocenters. The fourth-order valence-electron chi connectivity index (χ4n) is 2.90. The van der Waals surface area contributed by atoms with Gasteiger partial charge in [0.25, 0.3) is 0 Å². The highest BCUT2D eigenvalue weighted by Crippen LogP contribution is 2.17. The monoisotopic (exact) mass is 335 g/mol. The molecule has 1 aliphatic carbocycles. The summed E-state index contributed by atoms with van der Waals surface area (Å²) in [5.41, 5.74) is 0.410. The summed E-state index contributed by atoms with van der Waals surface area (Å²) in [6.07, 6.45) is 5.61. The molecule has 1 aromatic carbocycles. The van der Waals surface area contributed by atoms with Gasteiger partial charge in [-0.05, 0) is 45.0 Å². The van der Waals surface area contributed by atoms with Crippen molar-refractivity contribution in [2.75, 3.05) is 18.9 Å². The molecule has 5 nitrogen and oxygen atoms in total. The molecule has 2 N–H and O–H groups in total. The number of hydrogen-bond acceptors (Lipinski definition) is 3. The van der Waals surface area contributed by atoms with Gasteiger partial charge in [0.2, 0.25) is 11.8 Å². The van der Waals surface area contributed by atoms with Gasteiger partial charge in [0.05, 0.1) is 12.6 Å². The van der Waals surface area contributed by atoms with E-state index in [-0.39, 0.29) is 24.4 Å². The van der Waals surface area contributed by atoms with Gasteiger partial charge in [-0.3, -0.25) is 14.5 Å². The average molecular weight is 335 g/mol. The number of carbonyl (C=O) groups is 2. The molecule has 24 heavy (non-hydrogen) atoms. The van der Waals surface area contributed by atoms with Crippen LogP contribution in [-0.2, 0) is 9.59 Å². The second-order valence-corrected chi connectivity index (χ2v) is 6.49. The van der Waals surface area contributed by atoms with Crippen LogP contribution in [0.5, 0.6) is 0 Å². The van der Waals surface area contributed by atoms with E-state index in [9.17, 15) is 14.0 Å². The lowest BCUT2D eigenvalue weighted by molar-refractivity contribution is -0.127. The Morgan fingerprint density at radius 1 is 1.29 bits per heavy atom. The van der Waals surface area contributed by atoms with Gasteiger partial charge in [-0.1, -0.05) is 25.3 Å². The molecule has 0 heterocycles. The minimum Gasteiger partial charge on any atom is -0.352 e. The minimum absolute atomic E-state index is 0.0528. The zero-order valence-electron chi connectivity index (χ0n) is 14.3. The maximum absolute atomic E-state index is 13.1. The Balaban J connectivity index is 1.80. The number of nitrogens with one attached hydrogen (secondary N) is 2. The van der Waals surface area contributed by atoms with Crippen molar-refractivity contribution in [2.45, 2.75) is 51.1 Å². The second-order valence-electron chi connectivity index (χ2n) is 6.49. The van der Waals surface area contributed by atoms with E-state index in [1.165, 1.54) is 24.6 Å². The number of carbonyl (C=O) groups excluding carboxylic acids is 2. The van der Waals surface area contributed by atoms with Crippen LogP contribution in [0.15, 0.2) is 24.3 Å². The maximum atomic E-state index is 13.1. The predicted molar refractivity (Wildman–Crippen MR) is 92.1 cm³/mol. The molecule has 132 valence electrons. The van der Waals surface area contributed by atoms with Crippen LogP contribution in [0.2, 0.25) is 0 Å². The van der Waals surface area contributed by atoms with Gasteiger partial charge in [-0.25, -0.2) is 4.39 Å². The first-order valence-corrected chi connectivity index (χ1v) is 8.51. The van der Waals surface area contributed by atoms with E-state index < -0.39 is 11.9 Å². The molecule has 0 bridgehead atoms. The third-order valence-corrected chi connectivity index (χ3v) is 4.49. The summed E-state index contributed by atoms with van der Waals surface area (Å²) < 4.78 is 13.1. The molecule has 1 saturated carbocycles. The highest BCUT2D eigenvalue weighted by atomic mass is 19.1. The normalized spacial score (nSPS) is 16.7. The number of anilines is 1. The van der Waals surface area contributed by atoms with Crippen molar-refractivity contribution in [1.29, 1.82) is 0 Å². The van der Waals surface area contributed by atoms with E-state index in [1.54, 1.807) is 24.9 Å². The average Bonchev–Trinajstić information content (AvgIpc) is 2.54. The van der Waals surface area contributed by atoms with Gasteiger partial charge in [0, 0.05) is 11.7 Å². The topological polar surface area (TPSA) is 61.4 Å². The summed E-state index contributed by atoms with van der Waals surface area (Å²) in [5.74, 6) is -0.732. The van der Waals surface area contributed by atoms with Gasteiger partial charge in [0.15, 0.2) is 0 Å². The number of nitrogens with zero attached hydrogens (tertiary/aromatic N) is 1. The number of hydrogen-bond donors (Lipinski definition) is 2. The SMILES string of the molecule is C[C@H](C(=O)NC1CCCCC1)N(C)CC(=O)Nc1cccc(F)c1. The largest absolute Gasteiger partial charge is 0.352 e. The first-order chi connectivity index (χ1) is 11.5. The summed E-state index contributed by atoms with van der Waals surface area (Å²) in [6.45, 7) is 1.85. The molecule has 0 aromatic heterocycles. The molecular formula is C18H26FN3O2. The summed E-state index contributed by atoms with van der Waals surface area (Å²) in [4.78, 5) is 26.0. The van der Waals surface area contributed by atoms with E-state index in [0.29, 0.717) is 5.69 Å². The van der Waals surface area contributed by atoms with Gasteiger partial charge in [0.1, 0.15) is 5.82 Å². The van der Waals surface area contributed by atoms with Crippen LogP contribution < -0.4 is 10.6 Å². The van der Waals surface area contributed by atoms with Crippen molar-refractivity contribution in [1.82, 2.24) is 10.2 Å². The zero-order valence-corrected chi connectivity index (χ0v) is 14.3. The summed E-state index contributed by atoms with van der Waals surface area (Å²) >= 11 is 0. The molecular weight excluding hydrogens is 309 g/mol. The van der Waals surface area contributed by atoms with E-state index in [1.807, 2.05) is 0 Å². The lowest BCUT2D eigenvalue weighted by Crippen LogP contribution is -2.49. The lowest BCUT2D eigenvalue weighted by Gasteiger charge is -2.28. The Bertz CT molecular complexity index is 573. The number of benzene rings is 1. The van der Waals surface area contributed by atoms with Crippen LogP contribution in [-0.4, -0.2) is 42.4 Å². The molecule has 1 fully saturated rings. The van der Waals surface area contributed by atoms with Crippen LogP contribution in [0.3, 0.4) is 0 Å². The second kappa shape index (κ2) is 8.78. The Kier molecular flexibility index (Phi) is 6.73. The minimum atomic E-state index is -0.401. The van der Waals surface area contributed by atoms with E-state index in [4.69, 9.17) is 0 Å². The Labute approximate surface area is 142 Å². The molecule has 1 aromatic rings. The molecule has 2 rings (SSSR count). The van der Waals surface area contributed by atoms with Crippen LogP contribution in [0.25, 0.3) is 0 Å². The third-order valence-electron chi connectivity index (χ3n) is 4.49. The molecule has 2 amide bonds. The number of likely N-dealkylation sites (N-methyl/N-ethyl adjacent to an activating group) is 1. The fraction of sp³-hybridized carbons (Fsp3) is 0.556. The quantitative estimate of drug-likeness (QED) is 0.840. The first kappa shape index (κ1) is 18.4. The van der Waals surface area contributed by atoms with Crippen LogP contribution in [0.4, 0.5) is 10.1 Å². The van der Waals surface area contributed by atoms with Crippen molar-refractivity contribution < 1.29 is 14.0 Å². The van der Waals surface area contributed by atoms with Gasteiger partial charge in [-0.15, -0.1) is 0 Å². The van der Waals surface area contributed by atoms with Gasteiger partial charge >= 0.3 is 0 Å². The molecule has 0 radical (unpaired) electrons. The van der Waals surface area contributed by atoms with Gasteiger partial charge in [-0.2, -0.15) is 0 Å². The Hall–Kier alpha value is -1.95. The van der Waals surface area contributed by atoms with Crippen molar-refractivity contribution in [3.8, 4) is 0 Å². The number of rotatable bonds is 6. The van der Waals surface area contributed by atoms with Crippen LogP contribution in [0.1, 0.15) is 39.0 Å². The van der Waals surface area contributed by atoms with E-state index in [0.717, 1.165) is 25.7 Å². The van der Waals surface area contributed by atoms with Crippen LogP contribution in [0, 0.1) is 5.82 Å². The molecule has 1 aliphatic rings. The summed E-state index contributed by atoms with van der Waals surface area (Å²) in [7, 11) is 1.73. The molecule has 0 spiro atoms. The highest BCUT2D eigenvalue weighted by Gasteiger charge is 2.23. The van der Waals surface area contributed by atoms with Crippen molar-refractivity contribution in [3.05, 3.63) is 30.1 Å². The predicted octanol–water partition coefficient (Wildman–Crippen LogP) is 2.53. The summed E-state index contributed by atoms with van der Waals surface area (Å²) in [5, 5.41) is 5.70. The molecule has 0 unspecified atom stereocenters. The summed E-state index contributed by atoms with van der Waals surface area (Å²) in [6, 6.07) is 5.60. The first-order valence-electron chi connectivity index (χ1n) is 8.51. The van der Waals surface area contributed by atoms with Crippen LogP contribution >= 0.6 is 0 Å². The fourth-order valence-corrected chi connectivity index (χ4v) is 2.90. The van der Waals surface area contributed by atoms with E-state index >= 15 is 0 Å². The zero-order chi connectivity index (χ0) is 17.5. The van der Waals surface area contributed by atoms with E-state index in [2.05, 4.69) is 10.6 Å². The Morgan fingerprint density at radius 2 is 2.00 bits per heavy atom. The standard InChI is InChI=1S/C18H26FN3O2/c1-13(18(24)21-15-8-4-3-5-9-15)22(2)12-17(23)20-16-10-6-7-14(19)11-16/h6-7,10-11,13,15H,3-5,8-9,12H2,1-2H3,(H,20,23)(H,21,24)/t13-/m1/s1. The smallest absolute Gasteiger partial charge is 0.238 e. The molecule has 6 heteroatoms. The van der Waals surface area contributed by atoms with Crippen molar-refractivity contribution >= 4 is 17.5 Å². The van der Waals surface area contributed by atoms with Gasteiger partial charge < -0.3 is 10.6 Å². The third kappa shape index (κ3) is 5.60.